The van der Waals surface area contributed by atoms with Gasteiger partial charge in [0.15, 0.2) is 6.17 Å². The number of carbonyl (C=O) groups is 3. The maximum absolute atomic E-state index is 14.4. The van der Waals surface area contributed by atoms with Crippen molar-refractivity contribution < 1.29 is 28.7 Å². The summed E-state index contributed by atoms with van der Waals surface area (Å²) in [5, 5.41) is 8.70. The maximum Gasteiger partial charge on any atom is 0.278 e. The van der Waals surface area contributed by atoms with E-state index in [0.717, 1.165) is 6.42 Å². The molecule has 2 heterocycles. The number of hydrogen-bond donors (Lipinski definition) is 2. The third kappa shape index (κ3) is 4.70. The van der Waals surface area contributed by atoms with Crippen LogP contribution in [0.5, 0.6) is 0 Å². The summed E-state index contributed by atoms with van der Waals surface area (Å²) in [6.07, 6.45) is 0.568. The highest BCUT2D eigenvalue weighted by Crippen LogP contribution is 2.26. The number of morpholine rings is 1. The van der Waals surface area contributed by atoms with Crippen molar-refractivity contribution in [3.63, 3.8) is 0 Å². The molecule has 3 unspecified atom stereocenters. The average molecular weight is 373 g/mol. The van der Waals surface area contributed by atoms with Gasteiger partial charge in [-0.1, -0.05) is 19.8 Å². The van der Waals surface area contributed by atoms with Crippen LogP contribution in [0.3, 0.4) is 0 Å². The van der Waals surface area contributed by atoms with Crippen LogP contribution in [0.4, 0.5) is 4.39 Å². The van der Waals surface area contributed by atoms with Gasteiger partial charge in [-0.05, 0) is 19.3 Å². The Morgan fingerprint density at radius 2 is 1.96 bits per heavy atom. The highest BCUT2D eigenvalue weighted by atomic mass is 19.1. The molecule has 2 N–H and O–H groups in total. The molecule has 0 aromatic heterocycles. The van der Waals surface area contributed by atoms with E-state index in [1.165, 1.54) is 10.4 Å². The summed E-state index contributed by atoms with van der Waals surface area (Å²) >= 11 is 0. The largest absolute Gasteiger partial charge is 0.378 e. The molecule has 0 spiro atoms. The van der Waals surface area contributed by atoms with Crippen LogP contribution in [-0.4, -0.2) is 77.8 Å². The quantitative estimate of drug-likeness (QED) is 0.500. The topological polar surface area (TPSA) is 99.2 Å². The predicted octanol–water partition coefficient (Wildman–Crippen LogP) is 0.486. The Hall–Kier alpha value is -1.74. The molecule has 0 aromatic carbocycles. The third-order valence-corrected chi connectivity index (χ3v) is 5.04. The molecule has 2 saturated heterocycles. The fourth-order valence-electron chi connectivity index (χ4n) is 3.56. The molecule has 0 aliphatic carbocycles. The number of amides is 3. The van der Waals surface area contributed by atoms with Crippen molar-refractivity contribution in [1.82, 2.24) is 15.3 Å². The van der Waals surface area contributed by atoms with E-state index in [0.29, 0.717) is 52.1 Å². The molecule has 26 heavy (non-hydrogen) atoms. The van der Waals surface area contributed by atoms with Gasteiger partial charge in [0.25, 0.3) is 5.91 Å². The number of alkyl halides is 1. The second-order valence-electron chi connectivity index (χ2n) is 6.75. The SMILES string of the molecule is CCCCC(C(=O)N1CCCC1C(=O)N1CCOCC1)C(F)C(=O)NO. The number of carbonyl (C=O) groups excluding carboxylic acids is 3. The highest BCUT2D eigenvalue weighted by Gasteiger charge is 2.42. The predicted molar refractivity (Wildman–Crippen MR) is 90.0 cm³/mol. The summed E-state index contributed by atoms with van der Waals surface area (Å²) in [5.74, 6) is -3.09. The average Bonchev–Trinajstić information content (AvgIpc) is 3.17. The summed E-state index contributed by atoms with van der Waals surface area (Å²) < 4.78 is 19.7. The number of rotatable bonds is 7. The van der Waals surface area contributed by atoms with E-state index in [1.54, 1.807) is 4.90 Å². The first-order valence-electron chi connectivity index (χ1n) is 9.26. The number of halogens is 1. The first-order chi connectivity index (χ1) is 12.5. The Morgan fingerprint density at radius 1 is 1.27 bits per heavy atom. The van der Waals surface area contributed by atoms with E-state index in [2.05, 4.69) is 0 Å². The van der Waals surface area contributed by atoms with Crippen LogP contribution in [0, 0.1) is 5.92 Å². The van der Waals surface area contributed by atoms with Crippen molar-refractivity contribution in [2.45, 2.75) is 51.2 Å². The zero-order valence-corrected chi connectivity index (χ0v) is 15.2. The lowest BCUT2D eigenvalue weighted by Gasteiger charge is -2.34. The fourth-order valence-corrected chi connectivity index (χ4v) is 3.56. The minimum absolute atomic E-state index is 0.143. The van der Waals surface area contributed by atoms with Crippen LogP contribution >= 0.6 is 0 Å². The van der Waals surface area contributed by atoms with Crippen LogP contribution in [0.2, 0.25) is 0 Å². The van der Waals surface area contributed by atoms with Crippen LogP contribution in [-0.2, 0) is 19.1 Å². The van der Waals surface area contributed by atoms with Crippen LogP contribution in [0.1, 0.15) is 39.0 Å². The van der Waals surface area contributed by atoms with Crippen molar-refractivity contribution in [3.8, 4) is 0 Å². The lowest BCUT2D eigenvalue weighted by Crippen LogP contribution is -2.53. The van der Waals surface area contributed by atoms with Crippen molar-refractivity contribution in [2.75, 3.05) is 32.8 Å². The summed E-state index contributed by atoms with van der Waals surface area (Å²) in [6, 6.07) is -0.617. The minimum atomic E-state index is -2.14. The molecule has 148 valence electrons. The maximum atomic E-state index is 14.4. The van der Waals surface area contributed by atoms with E-state index < -0.39 is 29.9 Å². The Bertz CT molecular complexity index is 513. The van der Waals surface area contributed by atoms with Gasteiger partial charge < -0.3 is 14.5 Å². The molecule has 3 atom stereocenters. The summed E-state index contributed by atoms with van der Waals surface area (Å²) in [5.41, 5.74) is 1.28. The van der Waals surface area contributed by atoms with E-state index in [4.69, 9.17) is 9.94 Å². The van der Waals surface area contributed by atoms with Crippen molar-refractivity contribution in [3.05, 3.63) is 0 Å². The molecule has 3 amide bonds. The standard InChI is InChI=1S/C17H28FN3O5/c1-2-3-5-12(14(18)15(22)19-25)16(23)21-7-4-6-13(21)17(24)20-8-10-26-11-9-20/h12-14,25H,2-11H2,1H3,(H,19,22). The second-order valence-corrected chi connectivity index (χ2v) is 6.75. The van der Waals surface area contributed by atoms with Crippen molar-refractivity contribution in [2.24, 2.45) is 5.92 Å². The third-order valence-electron chi connectivity index (χ3n) is 5.04. The number of ether oxygens (including phenoxy) is 1. The number of nitrogens with zero attached hydrogens (tertiary/aromatic N) is 2. The van der Waals surface area contributed by atoms with Crippen LogP contribution in [0.15, 0.2) is 0 Å². The van der Waals surface area contributed by atoms with Gasteiger partial charge in [-0.2, -0.15) is 0 Å². The van der Waals surface area contributed by atoms with Gasteiger partial charge in [0.05, 0.1) is 19.1 Å². The zero-order valence-electron chi connectivity index (χ0n) is 15.2. The minimum Gasteiger partial charge on any atom is -0.378 e. The van der Waals surface area contributed by atoms with Crippen molar-refractivity contribution >= 4 is 17.7 Å². The van der Waals surface area contributed by atoms with Gasteiger partial charge in [-0.15, -0.1) is 0 Å². The summed E-state index contributed by atoms with van der Waals surface area (Å²) in [4.78, 5) is 40.3. The summed E-state index contributed by atoms with van der Waals surface area (Å²) in [6.45, 7) is 4.17. The van der Waals surface area contributed by atoms with Crippen LogP contribution in [0.25, 0.3) is 0 Å². The Kier molecular flexibility index (Phi) is 7.77. The highest BCUT2D eigenvalue weighted by molar-refractivity contribution is 5.92. The monoisotopic (exact) mass is 373 g/mol. The van der Waals surface area contributed by atoms with E-state index in [1.807, 2.05) is 6.92 Å². The molecule has 2 aliphatic heterocycles. The number of unbranched alkanes of at least 4 members (excludes halogenated alkanes) is 1. The normalized spacial score (nSPS) is 22.8. The number of nitrogens with one attached hydrogen (secondary N) is 1. The zero-order chi connectivity index (χ0) is 19.1. The molecule has 0 aromatic rings. The smallest absolute Gasteiger partial charge is 0.278 e. The first-order valence-corrected chi connectivity index (χ1v) is 9.26. The van der Waals surface area contributed by atoms with E-state index in [9.17, 15) is 18.8 Å². The van der Waals surface area contributed by atoms with E-state index >= 15 is 0 Å². The Balaban J connectivity index is 2.11. The number of hydrogen-bond acceptors (Lipinski definition) is 5. The van der Waals surface area contributed by atoms with E-state index in [-0.39, 0.29) is 12.3 Å². The van der Waals surface area contributed by atoms with Crippen LogP contribution < -0.4 is 5.48 Å². The second kappa shape index (κ2) is 9.82. The summed E-state index contributed by atoms with van der Waals surface area (Å²) in [7, 11) is 0. The molecule has 2 aliphatic rings. The molecule has 2 fully saturated rings. The molecule has 0 bridgehead atoms. The molecule has 0 radical (unpaired) electrons. The van der Waals surface area contributed by atoms with Gasteiger partial charge in [-0.25, -0.2) is 9.87 Å². The van der Waals surface area contributed by atoms with Gasteiger partial charge in [-0.3, -0.25) is 19.6 Å². The fraction of sp³-hybridized carbons (Fsp3) is 0.824. The molecule has 9 heteroatoms. The first kappa shape index (κ1) is 20.6. The molecular weight excluding hydrogens is 345 g/mol. The van der Waals surface area contributed by atoms with Gasteiger partial charge >= 0.3 is 0 Å². The van der Waals surface area contributed by atoms with Gasteiger partial charge in [0, 0.05) is 19.6 Å². The molecular formula is C17H28FN3O5. The Labute approximate surface area is 152 Å². The number of hydroxylamine groups is 1. The van der Waals surface area contributed by atoms with Crippen molar-refractivity contribution in [1.29, 1.82) is 0 Å². The number of likely N-dealkylation sites (tertiary alicyclic amines) is 1. The lowest BCUT2D eigenvalue weighted by molar-refractivity contribution is -0.152. The molecule has 2 rings (SSSR count). The Morgan fingerprint density at radius 3 is 2.58 bits per heavy atom. The molecule has 8 nitrogen and oxygen atoms in total. The van der Waals surface area contributed by atoms with Gasteiger partial charge in [0.1, 0.15) is 6.04 Å². The molecule has 0 saturated carbocycles. The lowest BCUT2D eigenvalue weighted by atomic mass is 9.94. The van der Waals surface area contributed by atoms with Gasteiger partial charge in [0.2, 0.25) is 11.8 Å².